The molecule has 0 radical (unpaired) electrons. The molecule has 0 aliphatic heterocycles. The Bertz CT molecular complexity index is 509. The van der Waals surface area contributed by atoms with Crippen LogP contribution in [0.1, 0.15) is 26.3 Å². The van der Waals surface area contributed by atoms with Crippen LogP contribution in [0, 0.1) is 3.57 Å². The Kier molecular flexibility index (Phi) is 4.07. The molecular formula is C14H18IN3. The summed E-state index contributed by atoms with van der Waals surface area (Å²) in [5.74, 6) is 0. The van der Waals surface area contributed by atoms with Gasteiger partial charge in [-0.25, -0.2) is 4.68 Å². The van der Waals surface area contributed by atoms with Crippen LogP contribution in [0.4, 0.5) is 0 Å². The second kappa shape index (κ2) is 5.40. The average molecular weight is 355 g/mol. The van der Waals surface area contributed by atoms with Crippen LogP contribution in [-0.4, -0.2) is 15.3 Å². The molecule has 2 aromatic rings. The molecule has 0 aliphatic carbocycles. The lowest BCUT2D eigenvalue weighted by molar-refractivity contribution is 0.424. The van der Waals surface area contributed by atoms with Crippen LogP contribution in [0.15, 0.2) is 36.7 Å². The van der Waals surface area contributed by atoms with Gasteiger partial charge in [-0.2, -0.15) is 5.10 Å². The van der Waals surface area contributed by atoms with Crippen LogP contribution >= 0.6 is 22.6 Å². The maximum Gasteiger partial charge on any atom is 0.0646 e. The van der Waals surface area contributed by atoms with Crippen LogP contribution in [0.2, 0.25) is 0 Å². The Labute approximate surface area is 122 Å². The van der Waals surface area contributed by atoms with Gasteiger partial charge < -0.3 is 5.32 Å². The van der Waals surface area contributed by atoms with E-state index >= 15 is 0 Å². The molecule has 1 heterocycles. The molecule has 1 aromatic carbocycles. The highest BCUT2D eigenvalue weighted by molar-refractivity contribution is 14.1. The monoisotopic (exact) mass is 355 g/mol. The van der Waals surface area contributed by atoms with Crippen molar-refractivity contribution in [3.63, 3.8) is 0 Å². The summed E-state index contributed by atoms with van der Waals surface area (Å²) >= 11 is 2.26. The van der Waals surface area contributed by atoms with Crippen molar-refractivity contribution in [3.8, 4) is 5.69 Å². The molecule has 1 N–H and O–H groups in total. The predicted octanol–water partition coefficient (Wildman–Crippen LogP) is 3.37. The Morgan fingerprint density at radius 2 is 1.89 bits per heavy atom. The van der Waals surface area contributed by atoms with Gasteiger partial charge in [-0.05, 0) is 61.1 Å². The smallest absolute Gasteiger partial charge is 0.0646 e. The van der Waals surface area contributed by atoms with Gasteiger partial charge in [0, 0.05) is 18.3 Å². The molecule has 0 amide bonds. The quantitative estimate of drug-likeness (QED) is 0.856. The molecule has 0 spiro atoms. The van der Waals surface area contributed by atoms with Crippen molar-refractivity contribution in [2.45, 2.75) is 32.9 Å². The number of hydrogen-bond donors (Lipinski definition) is 1. The van der Waals surface area contributed by atoms with Crippen molar-refractivity contribution in [1.82, 2.24) is 15.1 Å². The van der Waals surface area contributed by atoms with Gasteiger partial charge in [0.15, 0.2) is 0 Å². The van der Waals surface area contributed by atoms with E-state index in [4.69, 9.17) is 0 Å². The van der Waals surface area contributed by atoms with Crippen LogP contribution < -0.4 is 5.32 Å². The van der Waals surface area contributed by atoms with E-state index in [1.165, 1.54) is 5.56 Å². The lowest BCUT2D eigenvalue weighted by atomic mass is 10.1. The van der Waals surface area contributed by atoms with Crippen LogP contribution in [0.3, 0.4) is 0 Å². The molecule has 0 aliphatic rings. The van der Waals surface area contributed by atoms with Crippen LogP contribution in [0.5, 0.6) is 0 Å². The number of hydrogen-bond acceptors (Lipinski definition) is 2. The number of aromatic nitrogens is 2. The molecule has 2 rings (SSSR count). The Morgan fingerprint density at radius 1 is 1.22 bits per heavy atom. The highest BCUT2D eigenvalue weighted by Gasteiger charge is 2.08. The highest BCUT2D eigenvalue weighted by atomic mass is 127. The third kappa shape index (κ3) is 3.81. The summed E-state index contributed by atoms with van der Waals surface area (Å²) < 4.78 is 3.04. The molecule has 0 saturated heterocycles. The standard InChI is InChI=1S/C14H18IN3/c1-14(2,3)16-8-11-4-6-13(7-5-11)18-10-12(15)9-17-18/h4-7,9-10,16H,8H2,1-3H3. The van der Waals surface area contributed by atoms with Gasteiger partial charge in [-0.1, -0.05) is 12.1 Å². The SMILES string of the molecule is CC(C)(C)NCc1ccc(-n2cc(I)cn2)cc1. The van der Waals surface area contributed by atoms with Crippen LogP contribution in [-0.2, 0) is 6.54 Å². The molecule has 18 heavy (non-hydrogen) atoms. The minimum Gasteiger partial charge on any atom is -0.308 e. The first-order valence-corrected chi connectivity index (χ1v) is 7.06. The molecule has 4 heteroatoms. The molecule has 1 aromatic heterocycles. The average Bonchev–Trinajstić information content (AvgIpc) is 2.73. The molecule has 3 nitrogen and oxygen atoms in total. The predicted molar refractivity (Wildman–Crippen MR) is 82.9 cm³/mol. The van der Waals surface area contributed by atoms with E-state index in [-0.39, 0.29) is 5.54 Å². The summed E-state index contributed by atoms with van der Waals surface area (Å²) in [7, 11) is 0. The van der Waals surface area contributed by atoms with Crippen molar-refractivity contribution >= 4 is 22.6 Å². The first-order valence-electron chi connectivity index (χ1n) is 5.98. The van der Waals surface area contributed by atoms with E-state index in [0.29, 0.717) is 0 Å². The van der Waals surface area contributed by atoms with E-state index in [1.54, 1.807) is 0 Å². The van der Waals surface area contributed by atoms with Crippen molar-refractivity contribution in [2.75, 3.05) is 0 Å². The maximum absolute atomic E-state index is 4.29. The fourth-order valence-corrected chi connectivity index (χ4v) is 1.96. The van der Waals surface area contributed by atoms with Gasteiger partial charge in [0.2, 0.25) is 0 Å². The molecule has 96 valence electrons. The lowest BCUT2D eigenvalue weighted by Gasteiger charge is -2.20. The van der Waals surface area contributed by atoms with Gasteiger partial charge >= 0.3 is 0 Å². The molecule has 0 unspecified atom stereocenters. The summed E-state index contributed by atoms with van der Waals surface area (Å²) in [6, 6.07) is 8.48. The fourth-order valence-electron chi connectivity index (χ4n) is 1.58. The first-order chi connectivity index (χ1) is 8.44. The van der Waals surface area contributed by atoms with Crippen molar-refractivity contribution in [2.24, 2.45) is 0 Å². The Morgan fingerprint density at radius 3 is 2.39 bits per heavy atom. The maximum atomic E-state index is 4.29. The van der Waals surface area contributed by atoms with E-state index in [9.17, 15) is 0 Å². The second-order valence-corrected chi connectivity index (χ2v) is 6.62. The third-order valence-corrected chi connectivity index (χ3v) is 3.13. The normalized spacial score (nSPS) is 11.8. The number of nitrogens with one attached hydrogen (secondary N) is 1. The molecule has 0 atom stereocenters. The summed E-state index contributed by atoms with van der Waals surface area (Å²) in [6.45, 7) is 7.41. The Hall–Kier alpha value is -0.880. The molecular weight excluding hydrogens is 337 g/mol. The third-order valence-electron chi connectivity index (χ3n) is 2.57. The highest BCUT2D eigenvalue weighted by Crippen LogP contribution is 2.12. The fraction of sp³-hybridized carbons (Fsp3) is 0.357. The van der Waals surface area contributed by atoms with Gasteiger partial charge in [-0.3, -0.25) is 0 Å². The molecule has 0 fully saturated rings. The van der Waals surface area contributed by atoms with E-state index < -0.39 is 0 Å². The summed E-state index contributed by atoms with van der Waals surface area (Å²) in [5.41, 5.74) is 2.53. The van der Waals surface area contributed by atoms with E-state index in [2.05, 4.69) is 78.0 Å². The molecule has 0 bridgehead atoms. The zero-order chi connectivity index (χ0) is 13.2. The Balaban J connectivity index is 2.06. The number of benzene rings is 1. The van der Waals surface area contributed by atoms with Gasteiger partial charge in [0.1, 0.15) is 0 Å². The second-order valence-electron chi connectivity index (χ2n) is 5.37. The molecule has 0 saturated carbocycles. The number of nitrogens with zero attached hydrogens (tertiary/aromatic N) is 2. The topological polar surface area (TPSA) is 29.9 Å². The minimum absolute atomic E-state index is 0.150. The van der Waals surface area contributed by atoms with Gasteiger partial charge in [-0.15, -0.1) is 0 Å². The van der Waals surface area contributed by atoms with Crippen molar-refractivity contribution in [1.29, 1.82) is 0 Å². The first kappa shape index (κ1) is 13.5. The lowest BCUT2D eigenvalue weighted by Crippen LogP contribution is -2.35. The summed E-state index contributed by atoms with van der Waals surface area (Å²) in [6.07, 6.45) is 3.87. The largest absolute Gasteiger partial charge is 0.308 e. The minimum atomic E-state index is 0.150. The summed E-state index contributed by atoms with van der Waals surface area (Å²) in [4.78, 5) is 0. The zero-order valence-corrected chi connectivity index (χ0v) is 13.1. The summed E-state index contributed by atoms with van der Waals surface area (Å²) in [5, 5.41) is 7.77. The van der Waals surface area contributed by atoms with Crippen molar-refractivity contribution in [3.05, 3.63) is 45.8 Å². The van der Waals surface area contributed by atoms with E-state index in [1.807, 2.05) is 17.1 Å². The van der Waals surface area contributed by atoms with Gasteiger partial charge in [0.05, 0.1) is 15.5 Å². The van der Waals surface area contributed by atoms with Crippen molar-refractivity contribution < 1.29 is 0 Å². The number of halogens is 1. The zero-order valence-electron chi connectivity index (χ0n) is 10.9. The van der Waals surface area contributed by atoms with Gasteiger partial charge in [0.25, 0.3) is 0 Å². The van der Waals surface area contributed by atoms with Crippen LogP contribution in [0.25, 0.3) is 5.69 Å². The van der Waals surface area contributed by atoms with E-state index in [0.717, 1.165) is 15.8 Å². The number of rotatable bonds is 3.